The highest BCUT2D eigenvalue weighted by atomic mass is 16.3. The third kappa shape index (κ3) is 3.38. The van der Waals surface area contributed by atoms with Crippen LogP contribution in [0.5, 0.6) is 0 Å². The van der Waals surface area contributed by atoms with Crippen molar-refractivity contribution in [3.8, 4) is 11.6 Å². The average molecular weight is 459 g/mol. The molecular formula is C29H22N4O2. The molecule has 170 valence electrons. The van der Waals surface area contributed by atoms with Crippen molar-refractivity contribution < 1.29 is 4.42 Å². The number of aromatic nitrogens is 3. The molecule has 0 aliphatic carbocycles. The Kier molecular flexibility index (Phi) is 4.92. The van der Waals surface area contributed by atoms with E-state index < -0.39 is 0 Å². The van der Waals surface area contributed by atoms with Gasteiger partial charge in [-0.15, -0.1) is 6.58 Å². The fourth-order valence-electron chi connectivity index (χ4n) is 4.58. The molecule has 6 rings (SSSR count). The maximum atomic E-state index is 13.6. The lowest BCUT2D eigenvalue weighted by atomic mass is 10.1. The number of benzene rings is 3. The summed E-state index contributed by atoms with van der Waals surface area (Å²) >= 11 is 0. The van der Waals surface area contributed by atoms with Crippen molar-refractivity contribution in [1.82, 2.24) is 14.2 Å². The number of allylic oxidation sites excluding steroid dienone is 1. The second-order valence-corrected chi connectivity index (χ2v) is 8.38. The highest BCUT2D eigenvalue weighted by molar-refractivity contribution is 6.01. The van der Waals surface area contributed by atoms with Crippen molar-refractivity contribution in [3.05, 3.63) is 113 Å². The number of hydrogen-bond acceptors (Lipinski definition) is 4. The van der Waals surface area contributed by atoms with Crippen molar-refractivity contribution >= 4 is 39.0 Å². The van der Waals surface area contributed by atoms with Crippen molar-refractivity contribution in [2.45, 2.75) is 13.5 Å². The van der Waals surface area contributed by atoms with Gasteiger partial charge >= 0.3 is 0 Å². The Labute approximate surface area is 201 Å². The van der Waals surface area contributed by atoms with Gasteiger partial charge in [-0.3, -0.25) is 4.79 Å². The van der Waals surface area contributed by atoms with Gasteiger partial charge in [0.15, 0.2) is 5.76 Å². The van der Waals surface area contributed by atoms with E-state index in [9.17, 15) is 4.79 Å². The van der Waals surface area contributed by atoms with Crippen LogP contribution in [0.3, 0.4) is 0 Å². The van der Waals surface area contributed by atoms with Crippen LogP contribution < -0.4 is 5.56 Å². The molecule has 0 radical (unpaired) electrons. The minimum absolute atomic E-state index is 0.255. The summed E-state index contributed by atoms with van der Waals surface area (Å²) in [5.74, 6) is 0.839. The van der Waals surface area contributed by atoms with Gasteiger partial charge in [-0.05, 0) is 37.3 Å². The SMILES string of the molecule is C=CCn1c(C)c(C=Nn2c(-c3cc4ccccc4o3)nc3ccccc3c2=O)c2ccccc21. The van der Waals surface area contributed by atoms with Gasteiger partial charge in [0.25, 0.3) is 5.56 Å². The highest BCUT2D eigenvalue weighted by Crippen LogP contribution is 2.28. The Morgan fingerprint density at radius 3 is 2.57 bits per heavy atom. The molecular weight excluding hydrogens is 436 g/mol. The fraction of sp³-hybridized carbons (Fsp3) is 0.0690. The van der Waals surface area contributed by atoms with Crippen LogP contribution in [0.4, 0.5) is 0 Å². The summed E-state index contributed by atoms with van der Waals surface area (Å²) in [5.41, 5.74) is 4.14. The van der Waals surface area contributed by atoms with Crippen LogP contribution in [0, 0.1) is 6.92 Å². The van der Waals surface area contributed by atoms with E-state index in [1.807, 2.05) is 73.7 Å². The first-order valence-corrected chi connectivity index (χ1v) is 11.4. The average Bonchev–Trinajstić information content (AvgIpc) is 3.43. The van der Waals surface area contributed by atoms with E-state index in [2.05, 4.69) is 28.4 Å². The van der Waals surface area contributed by atoms with Gasteiger partial charge in [0.05, 0.1) is 17.1 Å². The molecule has 0 N–H and O–H groups in total. The Balaban J connectivity index is 1.59. The zero-order valence-corrected chi connectivity index (χ0v) is 19.2. The van der Waals surface area contributed by atoms with E-state index in [0.29, 0.717) is 29.0 Å². The molecule has 0 saturated carbocycles. The van der Waals surface area contributed by atoms with Gasteiger partial charge in [-0.2, -0.15) is 9.78 Å². The van der Waals surface area contributed by atoms with Crippen LogP contribution in [-0.4, -0.2) is 20.4 Å². The number of hydrogen-bond donors (Lipinski definition) is 0. The number of furan rings is 1. The number of para-hydroxylation sites is 3. The Hall–Kier alpha value is -4.71. The summed E-state index contributed by atoms with van der Waals surface area (Å²) in [7, 11) is 0. The van der Waals surface area contributed by atoms with Gasteiger partial charge in [-0.25, -0.2) is 4.98 Å². The molecule has 0 spiro atoms. The predicted octanol–water partition coefficient (Wildman–Crippen LogP) is 6.14. The zero-order chi connectivity index (χ0) is 23.9. The van der Waals surface area contributed by atoms with E-state index in [1.165, 1.54) is 4.68 Å². The number of fused-ring (bicyclic) bond motifs is 3. The van der Waals surface area contributed by atoms with Gasteiger partial charge in [0.1, 0.15) is 5.58 Å². The maximum absolute atomic E-state index is 13.6. The Morgan fingerprint density at radius 2 is 1.74 bits per heavy atom. The Bertz CT molecular complexity index is 1800. The van der Waals surface area contributed by atoms with Crippen molar-refractivity contribution in [1.29, 1.82) is 0 Å². The second-order valence-electron chi connectivity index (χ2n) is 8.38. The van der Waals surface area contributed by atoms with Crippen molar-refractivity contribution in [3.63, 3.8) is 0 Å². The van der Waals surface area contributed by atoms with Crippen LogP contribution in [-0.2, 0) is 6.54 Å². The molecule has 0 fully saturated rings. The lowest BCUT2D eigenvalue weighted by molar-refractivity contribution is 0.616. The van der Waals surface area contributed by atoms with Gasteiger partial charge in [0, 0.05) is 34.1 Å². The summed E-state index contributed by atoms with van der Waals surface area (Å²) in [6.07, 6.45) is 3.61. The van der Waals surface area contributed by atoms with Crippen molar-refractivity contribution in [2.24, 2.45) is 5.10 Å². The molecule has 3 heterocycles. The molecule has 6 heteroatoms. The molecule has 6 nitrogen and oxygen atoms in total. The molecule has 35 heavy (non-hydrogen) atoms. The molecule has 0 unspecified atom stereocenters. The first-order valence-electron chi connectivity index (χ1n) is 11.4. The molecule has 0 atom stereocenters. The lowest BCUT2D eigenvalue weighted by Gasteiger charge is -2.07. The zero-order valence-electron chi connectivity index (χ0n) is 19.2. The molecule has 3 aromatic carbocycles. The Morgan fingerprint density at radius 1 is 1.00 bits per heavy atom. The topological polar surface area (TPSA) is 65.3 Å². The van der Waals surface area contributed by atoms with Gasteiger partial charge in [-0.1, -0.05) is 54.6 Å². The molecule has 6 aromatic rings. The standard InChI is InChI=1S/C29H22N4O2/c1-3-16-32-19(2)23(21-11-6-8-14-25(21)32)18-30-33-28(27-17-20-10-4-9-15-26(20)35-27)31-24-13-7-5-12-22(24)29(33)34/h3-15,17-18H,1,16H2,2H3. The van der Waals surface area contributed by atoms with Crippen LogP contribution in [0.1, 0.15) is 11.3 Å². The largest absolute Gasteiger partial charge is 0.453 e. The van der Waals surface area contributed by atoms with Crippen LogP contribution in [0.2, 0.25) is 0 Å². The van der Waals surface area contributed by atoms with E-state index in [1.54, 1.807) is 12.3 Å². The first kappa shape index (κ1) is 20.9. The highest BCUT2D eigenvalue weighted by Gasteiger charge is 2.17. The lowest BCUT2D eigenvalue weighted by Crippen LogP contribution is -2.20. The monoisotopic (exact) mass is 458 g/mol. The minimum Gasteiger partial charge on any atom is -0.453 e. The molecule has 0 amide bonds. The first-order chi connectivity index (χ1) is 17.2. The van der Waals surface area contributed by atoms with Gasteiger partial charge < -0.3 is 8.98 Å². The third-order valence-electron chi connectivity index (χ3n) is 6.29. The maximum Gasteiger partial charge on any atom is 0.282 e. The minimum atomic E-state index is -0.255. The van der Waals surface area contributed by atoms with E-state index in [4.69, 9.17) is 9.40 Å². The fourth-order valence-corrected chi connectivity index (χ4v) is 4.58. The molecule has 0 aliphatic rings. The summed E-state index contributed by atoms with van der Waals surface area (Å²) in [6, 6.07) is 25.0. The van der Waals surface area contributed by atoms with E-state index in [0.717, 1.165) is 33.1 Å². The summed E-state index contributed by atoms with van der Waals surface area (Å²) in [4.78, 5) is 18.3. The predicted molar refractivity (Wildman–Crippen MR) is 141 cm³/mol. The molecule has 0 saturated heterocycles. The number of nitrogens with zero attached hydrogens (tertiary/aromatic N) is 4. The summed E-state index contributed by atoms with van der Waals surface area (Å²) in [5, 5.41) is 7.16. The number of rotatable bonds is 5. The van der Waals surface area contributed by atoms with Crippen molar-refractivity contribution in [2.75, 3.05) is 0 Å². The van der Waals surface area contributed by atoms with Gasteiger partial charge in [0.2, 0.25) is 5.82 Å². The molecule has 0 bridgehead atoms. The second kappa shape index (κ2) is 8.25. The van der Waals surface area contributed by atoms with Crippen LogP contribution in [0.25, 0.3) is 44.4 Å². The summed E-state index contributed by atoms with van der Waals surface area (Å²) < 4.78 is 9.59. The smallest absolute Gasteiger partial charge is 0.282 e. The van der Waals surface area contributed by atoms with Crippen LogP contribution in [0.15, 0.2) is 106 Å². The van der Waals surface area contributed by atoms with E-state index >= 15 is 0 Å². The van der Waals surface area contributed by atoms with Crippen LogP contribution >= 0.6 is 0 Å². The quantitative estimate of drug-likeness (QED) is 0.230. The summed E-state index contributed by atoms with van der Waals surface area (Å²) in [6.45, 7) is 6.62. The normalized spacial score (nSPS) is 11.8. The third-order valence-corrected chi connectivity index (χ3v) is 6.29. The molecule has 3 aromatic heterocycles. The van der Waals surface area contributed by atoms with E-state index in [-0.39, 0.29) is 5.56 Å². The molecule has 0 aliphatic heterocycles.